The number of halogens is 2. The number of carbonyl (C=O) groups is 2. The maximum Gasteiger partial charge on any atom is 0.239 e. The smallest absolute Gasteiger partial charge is 0.239 e. The first-order valence-corrected chi connectivity index (χ1v) is 7.08. The van der Waals surface area contributed by atoms with Gasteiger partial charge in [-0.1, -0.05) is 19.9 Å². The van der Waals surface area contributed by atoms with Crippen LogP contribution in [0.15, 0.2) is 24.3 Å². The van der Waals surface area contributed by atoms with E-state index in [1.807, 2.05) is 13.8 Å². The Morgan fingerprint density at radius 3 is 2.61 bits per heavy atom. The SMILES string of the molecule is CC(C)[C@H](N)C(=O)NCC(=O)NCCOc1cccc(F)c1.Cl. The average molecular weight is 348 g/mol. The van der Waals surface area contributed by atoms with Gasteiger partial charge in [-0.25, -0.2) is 4.39 Å². The molecule has 0 heterocycles. The molecule has 0 aliphatic heterocycles. The van der Waals surface area contributed by atoms with Crippen LogP contribution in [-0.4, -0.2) is 37.6 Å². The zero-order chi connectivity index (χ0) is 16.5. The summed E-state index contributed by atoms with van der Waals surface area (Å²) in [6.07, 6.45) is 0. The molecular formula is C15H23ClFN3O3. The summed E-state index contributed by atoms with van der Waals surface area (Å²) < 4.78 is 18.2. The van der Waals surface area contributed by atoms with Crippen molar-refractivity contribution in [2.45, 2.75) is 19.9 Å². The van der Waals surface area contributed by atoms with Crippen molar-refractivity contribution in [2.75, 3.05) is 19.7 Å². The molecular weight excluding hydrogens is 325 g/mol. The minimum Gasteiger partial charge on any atom is -0.492 e. The monoisotopic (exact) mass is 347 g/mol. The van der Waals surface area contributed by atoms with Crippen molar-refractivity contribution in [3.05, 3.63) is 30.1 Å². The van der Waals surface area contributed by atoms with E-state index in [4.69, 9.17) is 10.5 Å². The van der Waals surface area contributed by atoms with E-state index in [9.17, 15) is 14.0 Å². The quantitative estimate of drug-likeness (QED) is 0.607. The number of hydrogen-bond donors (Lipinski definition) is 3. The zero-order valence-corrected chi connectivity index (χ0v) is 14.0. The lowest BCUT2D eigenvalue weighted by Gasteiger charge is -2.15. The Labute approximate surface area is 141 Å². The number of ether oxygens (including phenoxy) is 1. The third-order valence-electron chi connectivity index (χ3n) is 2.93. The fraction of sp³-hybridized carbons (Fsp3) is 0.467. The second kappa shape index (κ2) is 10.8. The molecule has 0 saturated heterocycles. The third kappa shape index (κ3) is 8.37. The van der Waals surface area contributed by atoms with Gasteiger partial charge in [0.1, 0.15) is 18.2 Å². The minimum atomic E-state index is -0.635. The zero-order valence-electron chi connectivity index (χ0n) is 13.2. The van der Waals surface area contributed by atoms with Gasteiger partial charge in [-0.2, -0.15) is 0 Å². The minimum absolute atomic E-state index is 0. The third-order valence-corrected chi connectivity index (χ3v) is 2.93. The van der Waals surface area contributed by atoms with Crippen LogP contribution in [-0.2, 0) is 9.59 Å². The highest BCUT2D eigenvalue weighted by Gasteiger charge is 2.17. The predicted octanol–water partition coefficient (Wildman–Crippen LogP) is 0.842. The van der Waals surface area contributed by atoms with Crippen LogP contribution in [0.4, 0.5) is 4.39 Å². The summed E-state index contributed by atoms with van der Waals surface area (Å²) in [6, 6.07) is 5.10. The standard InChI is InChI=1S/C15H22FN3O3.ClH/c1-10(2)14(17)15(21)19-9-13(20)18-6-7-22-12-5-3-4-11(16)8-12;/h3-5,8,10,14H,6-7,9,17H2,1-2H3,(H,18,20)(H,19,21);1H/t14-;/m0./s1. The van der Waals surface area contributed by atoms with E-state index in [1.54, 1.807) is 6.07 Å². The van der Waals surface area contributed by atoms with Crippen LogP contribution in [0.2, 0.25) is 0 Å². The van der Waals surface area contributed by atoms with Crippen LogP contribution in [0.5, 0.6) is 5.75 Å². The number of nitrogens with two attached hydrogens (primary N) is 1. The first-order valence-electron chi connectivity index (χ1n) is 7.08. The van der Waals surface area contributed by atoms with E-state index in [-0.39, 0.29) is 55.7 Å². The number of amides is 2. The van der Waals surface area contributed by atoms with E-state index >= 15 is 0 Å². The average Bonchev–Trinajstić information content (AvgIpc) is 2.48. The molecule has 0 aliphatic carbocycles. The lowest BCUT2D eigenvalue weighted by molar-refractivity contribution is -0.127. The molecule has 0 saturated carbocycles. The van der Waals surface area contributed by atoms with Crippen LogP contribution < -0.4 is 21.1 Å². The molecule has 1 atom stereocenters. The van der Waals surface area contributed by atoms with Gasteiger partial charge in [0.15, 0.2) is 0 Å². The molecule has 0 aliphatic rings. The molecule has 130 valence electrons. The van der Waals surface area contributed by atoms with Crippen molar-refractivity contribution in [1.29, 1.82) is 0 Å². The molecule has 0 radical (unpaired) electrons. The Kier molecular flexibility index (Phi) is 9.92. The fourth-order valence-electron chi connectivity index (χ4n) is 1.57. The first kappa shape index (κ1) is 21.1. The molecule has 2 amide bonds. The maximum atomic E-state index is 12.9. The molecule has 0 spiro atoms. The summed E-state index contributed by atoms with van der Waals surface area (Å²) in [5, 5.41) is 5.04. The molecule has 0 aromatic heterocycles. The Balaban J connectivity index is 0.00000484. The second-order valence-corrected chi connectivity index (χ2v) is 5.14. The second-order valence-electron chi connectivity index (χ2n) is 5.14. The molecule has 23 heavy (non-hydrogen) atoms. The number of carbonyl (C=O) groups excluding carboxylic acids is 2. The van der Waals surface area contributed by atoms with Gasteiger partial charge in [-0.3, -0.25) is 9.59 Å². The lowest BCUT2D eigenvalue weighted by atomic mass is 10.1. The fourth-order valence-corrected chi connectivity index (χ4v) is 1.57. The summed E-state index contributed by atoms with van der Waals surface area (Å²) in [7, 11) is 0. The molecule has 0 unspecified atom stereocenters. The summed E-state index contributed by atoms with van der Waals surface area (Å²) in [4.78, 5) is 23.1. The highest BCUT2D eigenvalue weighted by Crippen LogP contribution is 2.11. The molecule has 0 fully saturated rings. The Hall–Kier alpha value is -1.86. The normalized spacial score (nSPS) is 11.3. The number of benzene rings is 1. The van der Waals surface area contributed by atoms with Crippen molar-refractivity contribution in [1.82, 2.24) is 10.6 Å². The van der Waals surface area contributed by atoms with E-state index in [1.165, 1.54) is 18.2 Å². The van der Waals surface area contributed by atoms with Crippen molar-refractivity contribution >= 4 is 24.2 Å². The van der Waals surface area contributed by atoms with E-state index < -0.39 is 6.04 Å². The van der Waals surface area contributed by atoms with Crippen LogP contribution >= 0.6 is 12.4 Å². The van der Waals surface area contributed by atoms with Crippen LogP contribution in [0, 0.1) is 11.7 Å². The van der Waals surface area contributed by atoms with Crippen LogP contribution in [0.3, 0.4) is 0 Å². The highest BCUT2D eigenvalue weighted by molar-refractivity contribution is 5.87. The van der Waals surface area contributed by atoms with Crippen molar-refractivity contribution < 1.29 is 18.7 Å². The largest absolute Gasteiger partial charge is 0.492 e. The first-order chi connectivity index (χ1) is 10.4. The maximum absolute atomic E-state index is 12.9. The van der Waals surface area contributed by atoms with Gasteiger partial charge in [0, 0.05) is 6.07 Å². The Morgan fingerprint density at radius 1 is 1.30 bits per heavy atom. The van der Waals surface area contributed by atoms with Crippen molar-refractivity contribution in [3.8, 4) is 5.75 Å². The van der Waals surface area contributed by atoms with Gasteiger partial charge >= 0.3 is 0 Å². The van der Waals surface area contributed by atoms with Gasteiger partial charge in [0.05, 0.1) is 19.1 Å². The number of rotatable bonds is 8. The molecule has 0 bridgehead atoms. The van der Waals surface area contributed by atoms with Crippen molar-refractivity contribution in [2.24, 2.45) is 11.7 Å². The summed E-state index contributed by atoms with van der Waals surface area (Å²) in [6.45, 7) is 3.97. The topological polar surface area (TPSA) is 93.5 Å². The van der Waals surface area contributed by atoms with E-state index in [0.29, 0.717) is 5.75 Å². The van der Waals surface area contributed by atoms with Crippen LogP contribution in [0.1, 0.15) is 13.8 Å². The Bertz CT molecular complexity index is 514. The lowest BCUT2D eigenvalue weighted by Crippen LogP contribution is -2.47. The van der Waals surface area contributed by atoms with E-state index in [0.717, 1.165) is 0 Å². The van der Waals surface area contributed by atoms with E-state index in [2.05, 4.69) is 10.6 Å². The number of hydrogen-bond acceptors (Lipinski definition) is 4. The predicted molar refractivity (Wildman–Crippen MR) is 88.0 cm³/mol. The summed E-state index contributed by atoms with van der Waals surface area (Å²) in [5.74, 6) is -0.688. The van der Waals surface area contributed by atoms with Gasteiger partial charge < -0.3 is 21.1 Å². The van der Waals surface area contributed by atoms with Crippen LogP contribution in [0.25, 0.3) is 0 Å². The van der Waals surface area contributed by atoms with Gasteiger partial charge in [-0.05, 0) is 18.1 Å². The van der Waals surface area contributed by atoms with Gasteiger partial charge in [-0.15, -0.1) is 12.4 Å². The van der Waals surface area contributed by atoms with Gasteiger partial charge in [0.2, 0.25) is 11.8 Å². The highest BCUT2D eigenvalue weighted by atomic mass is 35.5. The number of nitrogens with one attached hydrogen (secondary N) is 2. The molecule has 4 N–H and O–H groups in total. The molecule has 1 aromatic carbocycles. The summed E-state index contributed by atoms with van der Waals surface area (Å²) >= 11 is 0. The van der Waals surface area contributed by atoms with Gasteiger partial charge in [0.25, 0.3) is 0 Å². The molecule has 6 nitrogen and oxygen atoms in total. The molecule has 1 aromatic rings. The molecule has 1 rings (SSSR count). The Morgan fingerprint density at radius 2 is 2.00 bits per heavy atom. The molecule has 8 heteroatoms. The van der Waals surface area contributed by atoms with Crippen molar-refractivity contribution in [3.63, 3.8) is 0 Å². The summed E-state index contributed by atoms with van der Waals surface area (Å²) in [5.41, 5.74) is 5.65.